The minimum atomic E-state index is -0.147. The van der Waals surface area contributed by atoms with Gasteiger partial charge in [-0.2, -0.15) is 0 Å². The first-order valence-corrected chi connectivity index (χ1v) is 4.26. The number of nitrogens with zero attached hydrogens (tertiary/aromatic N) is 3. The van der Waals surface area contributed by atoms with E-state index in [-0.39, 0.29) is 11.1 Å². The van der Waals surface area contributed by atoms with E-state index >= 15 is 0 Å². The minimum Gasteiger partial charge on any atom is -0.341 e. The maximum atomic E-state index is 11.5. The Balaban J connectivity index is 2.83. The number of carbonyl (C=O) groups excluding carboxylic acids is 1. The number of aromatic nitrogens is 2. The summed E-state index contributed by atoms with van der Waals surface area (Å²) in [5, 5.41) is 0.288. The highest BCUT2D eigenvalue weighted by atomic mass is 35.5. The number of hydrogen-bond donors (Lipinski definition) is 0. The quantitative estimate of drug-likeness (QED) is 0.720. The van der Waals surface area contributed by atoms with E-state index in [9.17, 15) is 4.79 Å². The van der Waals surface area contributed by atoms with Crippen LogP contribution in [0, 0.1) is 0 Å². The smallest absolute Gasteiger partial charge is 0.273 e. The molecule has 0 aliphatic carbocycles. The average Bonchev–Trinajstić information content (AvgIpc) is 2.17. The van der Waals surface area contributed by atoms with Crippen molar-refractivity contribution in [3.05, 3.63) is 23.2 Å². The summed E-state index contributed by atoms with van der Waals surface area (Å²) >= 11 is 5.53. The van der Waals surface area contributed by atoms with Crippen molar-refractivity contribution >= 4 is 17.5 Å². The van der Waals surface area contributed by atoms with E-state index in [0.29, 0.717) is 12.2 Å². The van der Waals surface area contributed by atoms with Gasteiger partial charge in [-0.3, -0.25) is 4.79 Å². The fraction of sp³-hybridized carbons (Fsp3) is 0.375. The lowest BCUT2D eigenvalue weighted by molar-refractivity contribution is 0.0796. The van der Waals surface area contributed by atoms with Crippen molar-refractivity contribution < 1.29 is 4.79 Å². The van der Waals surface area contributed by atoms with Gasteiger partial charge in [0.15, 0.2) is 0 Å². The second-order valence-corrected chi connectivity index (χ2v) is 2.93. The van der Waals surface area contributed by atoms with Crippen LogP contribution in [-0.4, -0.2) is 34.4 Å². The van der Waals surface area contributed by atoms with Gasteiger partial charge in [-0.05, 0) is 6.92 Å². The van der Waals surface area contributed by atoms with Crippen LogP contribution in [0.4, 0.5) is 0 Å². The van der Waals surface area contributed by atoms with E-state index in [4.69, 9.17) is 11.6 Å². The molecule has 4 nitrogen and oxygen atoms in total. The molecule has 0 atom stereocenters. The fourth-order valence-electron chi connectivity index (χ4n) is 0.762. The second-order valence-electron chi connectivity index (χ2n) is 2.54. The summed E-state index contributed by atoms with van der Waals surface area (Å²) in [6, 6.07) is 0. The minimum absolute atomic E-state index is 0.147. The normalized spacial score (nSPS) is 9.77. The van der Waals surface area contributed by atoms with E-state index in [0.717, 1.165) is 0 Å². The van der Waals surface area contributed by atoms with Crippen molar-refractivity contribution in [3.8, 4) is 0 Å². The number of amides is 1. The zero-order chi connectivity index (χ0) is 9.84. The van der Waals surface area contributed by atoms with Crippen molar-refractivity contribution in [3.63, 3.8) is 0 Å². The summed E-state index contributed by atoms with van der Waals surface area (Å²) in [6.07, 6.45) is 2.73. The zero-order valence-electron chi connectivity index (χ0n) is 7.49. The molecule has 1 aromatic heterocycles. The highest BCUT2D eigenvalue weighted by Crippen LogP contribution is 2.03. The molecule has 0 spiro atoms. The van der Waals surface area contributed by atoms with E-state index in [2.05, 4.69) is 9.97 Å². The molecule has 1 rings (SSSR count). The van der Waals surface area contributed by atoms with Gasteiger partial charge in [0, 0.05) is 13.6 Å². The van der Waals surface area contributed by atoms with Crippen LogP contribution in [-0.2, 0) is 0 Å². The molecule has 0 saturated carbocycles. The van der Waals surface area contributed by atoms with E-state index in [1.165, 1.54) is 12.4 Å². The lowest BCUT2D eigenvalue weighted by Crippen LogP contribution is -2.27. The molecule has 0 aliphatic rings. The van der Waals surface area contributed by atoms with Crippen molar-refractivity contribution in [2.24, 2.45) is 0 Å². The highest BCUT2D eigenvalue weighted by molar-refractivity contribution is 6.29. The molecular weight excluding hydrogens is 190 g/mol. The molecule has 13 heavy (non-hydrogen) atoms. The van der Waals surface area contributed by atoms with Gasteiger partial charge in [0.1, 0.15) is 10.8 Å². The molecule has 1 heterocycles. The van der Waals surface area contributed by atoms with Crippen LogP contribution < -0.4 is 0 Å². The van der Waals surface area contributed by atoms with Crippen molar-refractivity contribution in [2.45, 2.75) is 6.92 Å². The largest absolute Gasteiger partial charge is 0.341 e. The van der Waals surface area contributed by atoms with Gasteiger partial charge >= 0.3 is 0 Å². The molecule has 0 radical (unpaired) electrons. The van der Waals surface area contributed by atoms with Gasteiger partial charge in [0.25, 0.3) is 5.91 Å². The van der Waals surface area contributed by atoms with Crippen LogP contribution in [0.5, 0.6) is 0 Å². The Bertz CT molecular complexity index is 299. The van der Waals surface area contributed by atoms with Gasteiger partial charge in [-0.15, -0.1) is 0 Å². The molecule has 70 valence electrons. The van der Waals surface area contributed by atoms with Crippen LogP contribution in [0.2, 0.25) is 5.15 Å². The Morgan fingerprint density at radius 3 is 2.69 bits per heavy atom. The Morgan fingerprint density at radius 2 is 2.23 bits per heavy atom. The molecule has 5 heteroatoms. The summed E-state index contributed by atoms with van der Waals surface area (Å²) in [4.78, 5) is 20.7. The average molecular weight is 200 g/mol. The van der Waals surface area contributed by atoms with Gasteiger partial charge in [0.05, 0.1) is 12.4 Å². The first-order valence-electron chi connectivity index (χ1n) is 3.88. The number of rotatable bonds is 2. The SMILES string of the molecule is CCN(C)C(=O)c1cnc(Cl)cn1. The van der Waals surface area contributed by atoms with Crippen LogP contribution in [0.25, 0.3) is 0 Å². The zero-order valence-corrected chi connectivity index (χ0v) is 8.25. The molecule has 0 aromatic carbocycles. The first kappa shape index (κ1) is 9.92. The number of carbonyl (C=O) groups is 1. The monoisotopic (exact) mass is 199 g/mol. The Morgan fingerprint density at radius 1 is 1.54 bits per heavy atom. The molecule has 0 bridgehead atoms. The number of hydrogen-bond acceptors (Lipinski definition) is 3. The van der Waals surface area contributed by atoms with Crippen LogP contribution in [0.1, 0.15) is 17.4 Å². The van der Waals surface area contributed by atoms with E-state index < -0.39 is 0 Å². The molecule has 0 N–H and O–H groups in total. The molecule has 0 fully saturated rings. The van der Waals surface area contributed by atoms with Gasteiger partial charge in [0.2, 0.25) is 0 Å². The maximum Gasteiger partial charge on any atom is 0.273 e. The Hall–Kier alpha value is -1.16. The highest BCUT2D eigenvalue weighted by Gasteiger charge is 2.11. The van der Waals surface area contributed by atoms with Crippen LogP contribution >= 0.6 is 11.6 Å². The summed E-state index contributed by atoms with van der Waals surface area (Å²) in [5.74, 6) is -0.147. The molecule has 1 amide bonds. The predicted octanol–water partition coefficient (Wildman–Crippen LogP) is 1.22. The Kier molecular flexibility index (Phi) is 3.19. The van der Waals surface area contributed by atoms with Crippen LogP contribution in [0.15, 0.2) is 12.4 Å². The third-order valence-electron chi connectivity index (χ3n) is 1.66. The summed E-state index contributed by atoms with van der Waals surface area (Å²) < 4.78 is 0. The third kappa shape index (κ3) is 2.39. The molecular formula is C8H10ClN3O. The van der Waals surface area contributed by atoms with Gasteiger partial charge in [-0.1, -0.05) is 11.6 Å². The summed E-state index contributed by atoms with van der Waals surface area (Å²) in [6.45, 7) is 2.53. The Labute approximate surface area is 81.6 Å². The lowest BCUT2D eigenvalue weighted by Gasteiger charge is -2.12. The van der Waals surface area contributed by atoms with E-state index in [1.54, 1.807) is 11.9 Å². The molecule has 1 aromatic rings. The molecule has 0 aliphatic heterocycles. The lowest BCUT2D eigenvalue weighted by atomic mass is 10.4. The van der Waals surface area contributed by atoms with Crippen molar-refractivity contribution in [1.29, 1.82) is 0 Å². The molecule has 0 saturated heterocycles. The topological polar surface area (TPSA) is 46.1 Å². The predicted molar refractivity (Wildman–Crippen MR) is 49.7 cm³/mol. The fourth-order valence-corrected chi connectivity index (χ4v) is 0.859. The van der Waals surface area contributed by atoms with Crippen molar-refractivity contribution in [2.75, 3.05) is 13.6 Å². The maximum absolute atomic E-state index is 11.5. The first-order chi connectivity index (χ1) is 6.15. The number of halogens is 1. The van der Waals surface area contributed by atoms with Gasteiger partial charge < -0.3 is 4.90 Å². The third-order valence-corrected chi connectivity index (χ3v) is 1.86. The van der Waals surface area contributed by atoms with Crippen molar-refractivity contribution in [1.82, 2.24) is 14.9 Å². The molecule has 0 unspecified atom stereocenters. The van der Waals surface area contributed by atoms with Gasteiger partial charge in [-0.25, -0.2) is 9.97 Å². The standard InChI is InChI=1S/C8H10ClN3O/c1-3-12(2)8(13)6-4-11-7(9)5-10-6/h4-5H,3H2,1-2H3. The second kappa shape index (κ2) is 4.18. The summed E-state index contributed by atoms with van der Waals surface area (Å²) in [5.41, 5.74) is 0.314. The van der Waals surface area contributed by atoms with E-state index in [1.807, 2.05) is 6.92 Å². The summed E-state index contributed by atoms with van der Waals surface area (Å²) in [7, 11) is 1.71. The van der Waals surface area contributed by atoms with Crippen LogP contribution in [0.3, 0.4) is 0 Å².